The fourth-order valence-electron chi connectivity index (χ4n) is 2.85. The van der Waals surface area contributed by atoms with Crippen molar-refractivity contribution < 1.29 is 4.42 Å². The highest BCUT2D eigenvalue weighted by molar-refractivity contribution is 5.76. The molecule has 0 aromatic carbocycles. The third kappa shape index (κ3) is 2.12. The number of rotatable bonds is 3. The first kappa shape index (κ1) is 11.7. The van der Waals surface area contributed by atoms with Gasteiger partial charge in [-0.3, -0.25) is 0 Å². The molecule has 0 bridgehead atoms. The van der Waals surface area contributed by atoms with Gasteiger partial charge in [0.25, 0.3) is 0 Å². The largest absolute Gasteiger partial charge is 0.446 e. The molecule has 0 amide bonds. The van der Waals surface area contributed by atoms with Crippen LogP contribution in [0.1, 0.15) is 49.5 Å². The molecule has 0 saturated heterocycles. The molecule has 2 N–H and O–H groups in total. The second-order valence-corrected chi connectivity index (χ2v) is 5.04. The number of aromatic nitrogens is 2. The van der Waals surface area contributed by atoms with E-state index in [-0.39, 0.29) is 0 Å². The minimum atomic E-state index is 0.568. The topological polar surface area (TPSA) is 64.9 Å². The zero-order valence-electron chi connectivity index (χ0n) is 10.6. The minimum absolute atomic E-state index is 0.568. The Morgan fingerprint density at radius 3 is 2.83 bits per heavy atom. The summed E-state index contributed by atoms with van der Waals surface area (Å²) in [6.45, 7) is 0.580. The van der Waals surface area contributed by atoms with Crippen LogP contribution in [-0.4, -0.2) is 16.5 Å². The molecule has 0 spiro atoms. The SMILES string of the molecule is NCCc1nc(C2CCCCC2)c2ccoc2n1. The molecule has 4 nitrogen and oxygen atoms in total. The van der Waals surface area contributed by atoms with Gasteiger partial charge >= 0.3 is 0 Å². The first-order chi connectivity index (χ1) is 8.88. The number of fused-ring (bicyclic) bond motifs is 1. The van der Waals surface area contributed by atoms with Crippen LogP contribution < -0.4 is 5.73 Å². The van der Waals surface area contributed by atoms with Crippen LogP contribution in [0.5, 0.6) is 0 Å². The van der Waals surface area contributed by atoms with E-state index in [1.165, 1.54) is 37.8 Å². The summed E-state index contributed by atoms with van der Waals surface area (Å²) >= 11 is 0. The fraction of sp³-hybridized carbons (Fsp3) is 0.571. The van der Waals surface area contributed by atoms with Crippen LogP contribution in [0.4, 0.5) is 0 Å². The summed E-state index contributed by atoms with van der Waals surface area (Å²) in [6, 6.07) is 1.99. The minimum Gasteiger partial charge on any atom is -0.446 e. The summed E-state index contributed by atoms with van der Waals surface area (Å²) in [5, 5.41) is 1.09. The van der Waals surface area contributed by atoms with Crippen LogP contribution in [0.15, 0.2) is 16.7 Å². The van der Waals surface area contributed by atoms with Crippen LogP contribution in [-0.2, 0) is 6.42 Å². The number of furan rings is 1. The Labute approximate surface area is 107 Å². The van der Waals surface area contributed by atoms with E-state index in [0.29, 0.717) is 18.2 Å². The van der Waals surface area contributed by atoms with E-state index < -0.39 is 0 Å². The van der Waals surface area contributed by atoms with Gasteiger partial charge in [0.15, 0.2) is 0 Å². The molecule has 0 unspecified atom stereocenters. The van der Waals surface area contributed by atoms with Crippen molar-refractivity contribution in [1.82, 2.24) is 9.97 Å². The van der Waals surface area contributed by atoms with Gasteiger partial charge in [-0.05, 0) is 25.5 Å². The van der Waals surface area contributed by atoms with Gasteiger partial charge in [0, 0.05) is 12.3 Å². The molecule has 96 valence electrons. The molecular weight excluding hydrogens is 226 g/mol. The normalized spacial score (nSPS) is 17.4. The van der Waals surface area contributed by atoms with E-state index in [9.17, 15) is 0 Å². The van der Waals surface area contributed by atoms with Gasteiger partial charge < -0.3 is 10.2 Å². The molecule has 1 fully saturated rings. The van der Waals surface area contributed by atoms with Crippen molar-refractivity contribution in [3.05, 3.63) is 23.8 Å². The lowest BCUT2D eigenvalue weighted by molar-refractivity contribution is 0.437. The van der Waals surface area contributed by atoms with E-state index >= 15 is 0 Å². The van der Waals surface area contributed by atoms with Crippen molar-refractivity contribution in [2.24, 2.45) is 5.73 Å². The smallest absolute Gasteiger partial charge is 0.229 e. The molecule has 0 aliphatic heterocycles. The van der Waals surface area contributed by atoms with Crippen molar-refractivity contribution in [3.8, 4) is 0 Å². The van der Waals surface area contributed by atoms with Crippen LogP contribution in [0.3, 0.4) is 0 Å². The second kappa shape index (κ2) is 5.06. The van der Waals surface area contributed by atoms with E-state index in [4.69, 9.17) is 15.1 Å². The molecule has 2 heterocycles. The molecule has 2 aromatic rings. The molecule has 1 saturated carbocycles. The van der Waals surface area contributed by atoms with Crippen LogP contribution in [0, 0.1) is 0 Å². The Hall–Kier alpha value is -1.42. The zero-order chi connectivity index (χ0) is 12.4. The average Bonchev–Trinajstić information content (AvgIpc) is 2.87. The second-order valence-electron chi connectivity index (χ2n) is 5.04. The summed E-state index contributed by atoms with van der Waals surface area (Å²) in [7, 11) is 0. The highest BCUT2D eigenvalue weighted by atomic mass is 16.3. The standard InChI is InChI=1S/C14H19N3O/c15-8-6-12-16-13(10-4-2-1-3-5-10)11-7-9-18-14(11)17-12/h7,9-10H,1-6,8,15H2. The zero-order valence-corrected chi connectivity index (χ0v) is 10.6. The summed E-state index contributed by atoms with van der Waals surface area (Å²) in [5.74, 6) is 1.39. The molecule has 0 radical (unpaired) electrons. The fourth-order valence-corrected chi connectivity index (χ4v) is 2.85. The average molecular weight is 245 g/mol. The Bertz CT molecular complexity index is 529. The van der Waals surface area contributed by atoms with Crippen LogP contribution in [0.25, 0.3) is 11.1 Å². The van der Waals surface area contributed by atoms with Crippen molar-refractivity contribution in [2.45, 2.75) is 44.4 Å². The Balaban J connectivity index is 2.03. The van der Waals surface area contributed by atoms with Gasteiger partial charge in [0.2, 0.25) is 5.71 Å². The predicted molar refractivity (Wildman–Crippen MR) is 70.4 cm³/mol. The molecule has 18 heavy (non-hydrogen) atoms. The Morgan fingerprint density at radius 1 is 1.22 bits per heavy atom. The molecule has 1 aliphatic carbocycles. The van der Waals surface area contributed by atoms with Crippen molar-refractivity contribution >= 4 is 11.1 Å². The van der Waals surface area contributed by atoms with Crippen molar-refractivity contribution in [3.63, 3.8) is 0 Å². The van der Waals surface area contributed by atoms with Crippen molar-refractivity contribution in [2.75, 3.05) is 6.54 Å². The number of hydrogen-bond acceptors (Lipinski definition) is 4. The molecule has 0 atom stereocenters. The molecule has 4 heteroatoms. The summed E-state index contributed by atoms with van der Waals surface area (Å²) in [5.41, 5.74) is 7.49. The van der Waals surface area contributed by atoms with Gasteiger partial charge in [-0.1, -0.05) is 19.3 Å². The quantitative estimate of drug-likeness (QED) is 0.903. The predicted octanol–water partition coefficient (Wildman–Crippen LogP) is 2.77. The third-order valence-electron chi connectivity index (χ3n) is 3.76. The molecular formula is C14H19N3O. The number of hydrogen-bond donors (Lipinski definition) is 1. The Morgan fingerprint density at radius 2 is 2.06 bits per heavy atom. The molecule has 1 aliphatic rings. The lowest BCUT2D eigenvalue weighted by Gasteiger charge is -2.21. The number of nitrogens with two attached hydrogens (primary N) is 1. The maximum Gasteiger partial charge on any atom is 0.229 e. The number of nitrogens with zero attached hydrogens (tertiary/aromatic N) is 2. The lowest BCUT2D eigenvalue weighted by Crippen LogP contribution is -2.12. The van der Waals surface area contributed by atoms with Gasteiger partial charge in [-0.25, -0.2) is 4.98 Å². The van der Waals surface area contributed by atoms with Gasteiger partial charge in [-0.2, -0.15) is 4.98 Å². The van der Waals surface area contributed by atoms with E-state index in [2.05, 4.69) is 4.98 Å². The van der Waals surface area contributed by atoms with Gasteiger partial charge in [0.05, 0.1) is 17.3 Å². The third-order valence-corrected chi connectivity index (χ3v) is 3.76. The summed E-state index contributed by atoms with van der Waals surface area (Å²) < 4.78 is 5.44. The lowest BCUT2D eigenvalue weighted by atomic mass is 9.86. The van der Waals surface area contributed by atoms with Crippen LogP contribution >= 0.6 is 0 Å². The summed E-state index contributed by atoms with van der Waals surface area (Å²) in [4.78, 5) is 9.16. The van der Waals surface area contributed by atoms with E-state index in [1.807, 2.05) is 6.07 Å². The van der Waals surface area contributed by atoms with Gasteiger partial charge in [0.1, 0.15) is 5.82 Å². The maximum absolute atomic E-state index is 5.60. The highest BCUT2D eigenvalue weighted by Gasteiger charge is 2.21. The first-order valence-electron chi connectivity index (χ1n) is 6.82. The van der Waals surface area contributed by atoms with E-state index in [0.717, 1.165) is 17.6 Å². The highest BCUT2D eigenvalue weighted by Crippen LogP contribution is 2.35. The van der Waals surface area contributed by atoms with Crippen molar-refractivity contribution in [1.29, 1.82) is 0 Å². The molecule has 2 aromatic heterocycles. The molecule has 3 rings (SSSR count). The Kier molecular flexibility index (Phi) is 3.28. The first-order valence-corrected chi connectivity index (χ1v) is 6.82. The van der Waals surface area contributed by atoms with E-state index in [1.54, 1.807) is 6.26 Å². The maximum atomic E-state index is 5.60. The van der Waals surface area contributed by atoms with Crippen LogP contribution in [0.2, 0.25) is 0 Å². The monoisotopic (exact) mass is 245 g/mol. The van der Waals surface area contributed by atoms with Gasteiger partial charge in [-0.15, -0.1) is 0 Å². The summed E-state index contributed by atoms with van der Waals surface area (Å²) in [6.07, 6.45) is 8.86.